The van der Waals surface area contributed by atoms with Crippen molar-refractivity contribution in [2.75, 3.05) is 4.90 Å². The van der Waals surface area contributed by atoms with E-state index in [1.165, 1.54) is 110 Å². The SMILES string of the molecule is c1ccc(-c2ccccc2-c2cc3c(cc2N(c2ccc4c5ccccc5c5ccccc5c4c2)c2cccc4ccccc24)C2(c4ccccc4-c4ccccc42)c2ccccc2-3)cc1. The van der Waals surface area contributed by atoms with Crippen molar-refractivity contribution in [1.82, 2.24) is 0 Å². The number of rotatable bonds is 5. The van der Waals surface area contributed by atoms with Crippen LogP contribution in [0.1, 0.15) is 22.3 Å². The molecular weight excluding hydrogens is 795 g/mol. The molecule has 0 N–H and O–H groups in total. The van der Waals surface area contributed by atoms with Crippen molar-refractivity contribution in [2.24, 2.45) is 0 Å². The van der Waals surface area contributed by atoms with Gasteiger partial charge in [-0.3, -0.25) is 0 Å². The van der Waals surface area contributed by atoms with E-state index in [2.05, 4.69) is 254 Å². The van der Waals surface area contributed by atoms with E-state index >= 15 is 0 Å². The molecule has 0 radical (unpaired) electrons. The molecular formula is C65H41N. The minimum atomic E-state index is -0.520. The molecule has 0 saturated carbocycles. The highest BCUT2D eigenvalue weighted by molar-refractivity contribution is 6.26. The molecule has 0 heterocycles. The quantitative estimate of drug-likeness (QED) is 0.156. The van der Waals surface area contributed by atoms with Crippen LogP contribution in [0.4, 0.5) is 17.1 Å². The first-order valence-corrected chi connectivity index (χ1v) is 23.0. The summed E-state index contributed by atoms with van der Waals surface area (Å²) < 4.78 is 0. The third-order valence-corrected chi connectivity index (χ3v) is 14.6. The molecule has 1 nitrogen and oxygen atoms in total. The molecule has 2 aliphatic rings. The van der Waals surface area contributed by atoms with Crippen LogP contribution in [0.3, 0.4) is 0 Å². The summed E-state index contributed by atoms with van der Waals surface area (Å²) in [5.74, 6) is 0. The van der Waals surface area contributed by atoms with E-state index in [-0.39, 0.29) is 0 Å². The molecule has 1 spiro atoms. The van der Waals surface area contributed by atoms with Crippen molar-refractivity contribution in [2.45, 2.75) is 5.41 Å². The molecule has 0 atom stereocenters. The van der Waals surface area contributed by atoms with Crippen LogP contribution in [0.15, 0.2) is 249 Å². The van der Waals surface area contributed by atoms with E-state index in [1.54, 1.807) is 0 Å². The van der Waals surface area contributed by atoms with Crippen LogP contribution in [-0.2, 0) is 5.41 Å². The molecule has 12 aromatic carbocycles. The number of anilines is 3. The first-order chi connectivity index (χ1) is 32.8. The second-order valence-corrected chi connectivity index (χ2v) is 17.9. The van der Waals surface area contributed by atoms with Gasteiger partial charge >= 0.3 is 0 Å². The van der Waals surface area contributed by atoms with Gasteiger partial charge in [0.15, 0.2) is 0 Å². The maximum Gasteiger partial charge on any atom is 0.0726 e. The summed E-state index contributed by atoms with van der Waals surface area (Å²) in [5, 5.41) is 9.95. The third kappa shape index (κ3) is 5.11. The van der Waals surface area contributed by atoms with Crippen molar-refractivity contribution in [3.63, 3.8) is 0 Å². The second kappa shape index (κ2) is 14.2. The van der Waals surface area contributed by atoms with E-state index in [4.69, 9.17) is 0 Å². The molecule has 1 heteroatoms. The molecule has 0 bridgehead atoms. The molecule has 14 rings (SSSR count). The summed E-state index contributed by atoms with van der Waals surface area (Å²) in [5.41, 5.74) is 18.1. The maximum absolute atomic E-state index is 2.58. The summed E-state index contributed by atoms with van der Waals surface area (Å²) in [6.45, 7) is 0. The van der Waals surface area contributed by atoms with Gasteiger partial charge in [0.05, 0.1) is 16.8 Å². The van der Waals surface area contributed by atoms with E-state index in [1.807, 2.05) is 0 Å². The van der Waals surface area contributed by atoms with E-state index in [9.17, 15) is 0 Å². The van der Waals surface area contributed by atoms with Gasteiger partial charge in [-0.15, -0.1) is 0 Å². The molecule has 0 amide bonds. The molecule has 0 unspecified atom stereocenters. The fourth-order valence-corrected chi connectivity index (χ4v) is 12.0. The average molecular weight is 836 g/mol. The van der Waals surface area contributed by atoms with Crippen LogP contribution in [-0.4, -0.2) is 0 Å². The number of nitrogens with zero attached hydrogens (tertiary/aromatic N) is 1. The van der Waals surface area contributed by atoms with E-state index in [0.717, 1.165) is 17.1 Å². The Morgan fingerprint density at radius 3 is 1.35 bits per heavy atom. The van der Waals surface area contributed by atoms with Crippen LogP contribution in [0.2, 0.25) is 0 Å². The zero-order valence-corrected chi connectivity index (χ0v) is 36.1. The van der Waals surface area contributed by atoms with Gasteiger partial charge in [0, 0.05) is 16.6 Å². The zero-order chi connectivity index (χ0) is 43.3. The summed E-state index contributed by atoms with van der Waals surface area (Å²) in [4.78, 5) is 2.58. The zero-order valence-electron chi connectivity index (χ0n) is 36.1. The van der Waals surface area contributed by atoms with Crippen LogP contribution < -0.4 is 4.90 Å². The summed E-state index contributed by atoms with van der Waals surface area (Å²) in [6.07, 6.45) is 0. The van der Waals surface area contributed by atoms with E-state index < -0.39 is 5.41 Å². The number of hydrogen-bond acceptors (Lipinski definition) is 1. The Balaban J connectivity index is 1.16. The van der Waals surface area contributed by atoms with Crippen molar-refractivity contribution in [3.05, 3.63) is 271 Å². The Labute approximate surface area is 384 Å². The molecule has 306 valence electrons. The number of fused-ring (bicyclic) bond motifs is 17. The van der Waals surface area contributed by atoms with Crippen molar-refractivity contribution in [1.29, 1.82) is 0 Å². The van der Waals surface area contributed by atoms with Gasteiger partial charge in [0.1, 0.15) is 0 Å². The molecule has 12 aromatic rings. The normalized spacial score (nSPS) is 13.0. The monoisotopic (exact) mass is 835 g/mol. The number of hydrogen-bond donors (Lipinski definition) is 0. The van der Waals surface area contributed by atoms with Gasteiger partial charge in [-0.2, -0.15) is 0 Å². The Kier molecular flexibility index (Phi) is 7.97. The third-order valence-electron chi connectivity index (χ3n) is 14.6. The lowest BCUT2D eigenvalue weighted by molar-refractivity contribution is 0.794. The second-order valence-electron chi connectivity index (χ2n) is 17.9. The molecule has 2 aliphatic carbocycles. The number of benzene rings is 12. The standard InChI is InChI=1S/C65H41N/c1-2-19-42(20-3-1)45-23-6-7-25-47(45)58-40-57-55-32-14-17-35-61(55)65(59-33-15-12-30-53(59)54-31-13-16-34-60(54)65)62(57)41-64(58)66(63-36-18-22-43-21-4-5-24-46(43)63)44-37-38-52-50-28-9-8-26-48(50)49-27-10-11-29-51(49)56(52)39-44/h1-41H. The van der Waals surface area contributed by atoms with Crippen LogP contribution in [0.5, 0.6) is 0 Å². The molecule has 0 fully saturated rings. The Morgan fingerprint density at radius 1 is 0.242 bits per heavy atom. The molecule has 0 aromatic heterocycles. The predicted octanol–water partition coefficient (Wildman–Crippen LogP) is 17.4. The molecule has 0 aliphatic heterocycles. The van der Waals surface area contributed by atoms with E-state index in [0.29, 0.717) is 0 Å². The van der Waals surface area contributed by atoms with Crippen molar-refractivity contribution < 1.29 is 0 Å². The average Bonchev–Trinajstić information content (AvgIpc) is 3.86. The maximum atomic E-state index is 2.58. The van der Waals surface area contributed by atoms with Gasteiger partial charge in [0.25, 0.3) is 0 Å². The van der Waals surface area contributed by atoms with Gasteiger partial charge < -0.3 is 4.90 Å². The Bertz CT molecular complexity index is 3870. The summed E-state index contributed by atoms with van der Waals surface area (Å²) in [7, 11) is 0. The van der Waals surface area contributed by atoms with Crippen molar-refractivity contribution in [3.8, 4) is 44.5 Å². The largest absolute Gasteiger partial charge is 0.309 e. The van der Waals surface area contributed by atoms with Gasteiger partial charge in [-0.05, 0) is 129 Å². The topological polar surface area (TPSA) is 3.24 Å². The lowest BCUT2D eigenvalue weighted by atomic mass is 9.70. The molecule has 66 heavy (non-hydrogen) atoms. The molecule has 0 saturated heterocycles. The van der Waals surface area contributed by atoms with Crippen LogP contribution in [0, 0.1) is 0 Å². The minimum Gasteiger partial charge on any atom is -0.309 e. The lowest BCUT2D eigenvalue weighted by Gasteiger charge is -2.34. The first kappa shape index (κ1) is 36.9. The Hall–Kier alpha value is -8.52. The highest BCUT2D eigenvalue weighted by atomic mass is 15.1. The van der Waals surface area contributed by atoms with Crippen LogP contribution >= 0.6 is 0 Å². The summed E-state index contributed by atoms with van der Waals surface area (Å²) >= 11 is 0. The highest BCUT2D eigenvalue weighted by Gasteiger charge is 2.52. The fraction of sp³-hybridized carbons (Fsp3) is 0.0154. The lowest BCUT2D eigenvalue weighted by Crippen LogP contribution is -2.26. The Morgan fingerprint density at radius 2 is 0.712 bits per heavy atom. The van der Waals surface area contributed by atoms with Crippen LogP contribution in [0.25, 0.3) is 87.6 Å². The van der Waals surface area contributed by atoms with Gasteiger partial charge in [-0.1, -0.05) is 218 Å². The highest BCUT2D eigenvalue weighted by Crippen LogP contribution is 2.64. The summed E-state index contributed by atoms with van der Waals surface area (Å²) in [6, 6.07) is 93.0. The fourth-order valence-electron chi connectivity index (χ4n) is 12.0. The first-order valence-electron chi connectivity index (χ1n) is 23.0. The smallest absolute Gasteiger partial charge is 0.0726 e. The van der Waals surface area contributed by atoms with Gasteiger partial charge in [-0.25, -0.2) is 0 Å². The predicted molar refractivity (Wildman–Crippen MR) is 278 cm³/mol. The van der Waals surface area contributed by atoms with Gasteiger partial charge in [0.2, 0.25) is 0 Å². The minimum absolute atomic E-state index is 0.520. The van der Waals surface area contributed by atoms with Crippen molar-refractivity contribution >= 4 is 60.2 Å².